The van der Waals surface area contributed by atoms with E-state index in [0.717, 1.165) is 25.9 Å². The van der Waals surface area contributed by atoms with E-state index in [9.17, 15) is 9.59 Å². The molecule has 0 atom stereocenters. The van der Waals surface area contributed by atoms with E-state index in [2.05, 4.69) is 10.6 Å². The Morgan fingerprint density at radius 3 is 2.76 bits per heavy atom. The quantitative estimate of drug-likeness (QED) is 0.774. The second-order valence-electron chi connectivity index (χ2n) is 4.80. The van der Waals surface area contributed by atoms with E-state index in [-0.39, 0.29) is 17.2 Å². The normalized spacial score (nSPS) is 15.7. The zero-order valence-electron chi connectivity index (χ0n) is 11.4. The van der Waals surface area contributed by atoms with Crippen LogP contribution in [0.15, 0.2) is 18.2 Å². The first-order valence-corrected chi connectivity index (χ1v) is 8.14. The van der Waals surface area contributed by atoms with E-state index in [1.165, 1.54) is 18.2 Å². The van der Waals surface area contributed by atoms with Crippen molar-refractivity contribution in [2.24, 2.45) is 0 Å². The lowest BCUT2D eigenvalue weighted by atomic mass is 10.2. The van der Waals surface area contributed by atoms with Crippen LogP contribution in [0.25, 0.3) is 0 Å². The second kappa shape index (κ2) is 7.68. The Morgan fingerprint density at radius 2 is 2.10 bits per heavy atom. The fourth-order valence-electron chi connectivity index (χ4n) is 2.15. The number of anilines is 1. The van der Waals surface area contributed by atoms with Crippen molar-refractivity contribution < 1.29 is 14.7 Å². The average molecular weight is 329 g/mol. The number of carboxylic acid groups (broad SMARTS) is 1. The van der Waals surface area contributed by atoms with Crippen LogP contribution in [0.1, 0.15) is 23.2 Å². The molecule has 1 heterocycles. The summed E-state index contributed by atoms with van der Waals surface area (Å²) in [5, 5.41) is 15.9. The van der Waals surface area contributed by atoms with Crippen molar-refractivity contribution in [3.63, 3.8) is 0 Å². The summed E-state index contributed by atoms with van der Waals surface area (Å²) in [6, 6.07) is 4.34. The number of halogens is 1. The van der Waals surface area contributed by atoms with Crippen LogP contribution in [-0.4, -0.2) is 41.1 Å². The van der Waals surface area contributed by atoms with Crippen LogP contribution < -0.4 is 10.6 Å². The first-order chi connectivity index (χ1) is 10.1. The standard InChI is InChI=1S/C14H17ClN2O3S/c15-9-1-2-11(14(19)20)12(7-9)17-13(18)8-21-10-3-5-16-6-4-10/h1-2,7,10,16H,3-6,8H2,(H,17,18)(H,19,20). The minimum absolute atomic E-state index is 0.0413. The number of hydrogen-bond donors (Lipinski definition) is 3. The molecule has 7 heteroatoms. The monoisotopic (exact) mass is 328 g/mol. The summed E-state index contributed by atoms with van der Waals surface area (Å²) in [4.78, 5) is 23.1. The highest BCUT2D eigenvalue weighted by atomic mass is 35.5. The highest BCUT2D eigenvalue weighted by molar-refractivity contribution is 8.00. The Bertz CT molecular complexity index is 533. The molecule has 0 radical (unpaired) electrons. The number of benzene rings is 1. The molecule has 0 unspecified atom stereocenters. The van der Waals surface area contributed by atoms with Gasteiger partial charge in [0.15, 0.2) is 0 Å². The van der Waals surface area contributed by atoms with E-state index in [1.807, 2.05) is 0 Å². The predicted octanol–water partition coefficient (Wildman–Crippen LogP) is 2.46. The molecule has 1 aliphatic heterocycles. The topological polar surface area (TPSA) is 78.4 Å². The molecule has 0 aromatic heterocycles. The number of carboxylic acids is 1. The van der Waals surface area contributed by atoms with Gasteiger partial charge in [0.25, 0.3) is 0 Å². The van der Waals surface area contributed by atoms with Gasteiger partial charge >= 0.3 is 5.97 Å². The molecular weight excluding hydrogens is 312 g/mol. The Hall–Kier alpha value is -1.24. The van der Waals surface area contributed by atoms with E-state index < -0.39 is 5.97 Å². The van der Waals surface area contributed by atoms with Gasteiger partial charge in [0.2, 0.25) is 5.91 Å². The van der Waals surface area contributed by atoms with Crippen molar-refractivity contribution in [1.82, 2.24) is 5.32 Å². The molecule has 0 saturated carbocycles. The van der Waals surface area contributed by atoms with Gasteiger partial charge in [-0.2, -0.15) is 0 Å². The van der Waals surface area contributed by atoms with Crippen LogP contribution >= 0.6 is 23.4 Å². The Labute approximate surface area is 132 Å². The highest BCUT2D eigenvalue weighted by Gasteiger charge is 2.17. The van der Waals surface area contributed by atoms with Gasteiger partial charge in [-0.1, -0.05) is 11.6 Å². The van der Waals surface area contributed by atoms with Crippen molar-refractivity contribution in [2.75, 3.05) is 24.2 Å². The molecule has 1 aliphatic rings. The highest BCUT2D eigenvalue weighted by Crippen LogP contribution is 2.23. The van der Waals surface area contributed by atoms with Crippen molar-refractivity contribution >= 4 is 40.9 Å². The number of carbonyl (C=O) groups excluding carboxylic acids is 1. The lowest BCUT2D eigenvalue weighted by Crippen LogP contribution is -2.30. The third-order valence-corrected chi connectivity index (χ3v) is 4.83. The minimum Gasteiger partial charge on any atom is -0.478 e. The SMILES string of the molecule is O=C(CSC1CCNCC1)Nc1cc(Cl)ccc1C(=O)O. The number of piperidine rings is 1. The molecular formula is C14H17ClN2O3S. The summed E-state index contributed by atoms with van der Waals surface area (Å²) in [5.74, 6) is -0.979. The first kappa shape index (κ1) is 16.1. The molecule has 0 spiro atoms. The van der Waals surface area contributed by atoms with Crippen molar-refractivity contribution in [3.8, 4) is 0 Å². The number of aromatic carboxylic acids is 1. The average Bonchev–Trinajstić information content (AvgIpc) is 2.46. The molecule has 1 aromatic rings. The maximum atomic E-state index is 12.0. The Morgan fingerprint density at radius 1 is 1.38 bits per heavy atom. The van der Waals surface area contributed by atoms with Crippen LogP contribution in [0.5, 0.6) is 0 Å². The number of carbonyl (C=O) groups is 2. The van der Waals surface area contributed by atoms with Gasteiger partial charge in [-0.25, -0.2) is 4.79 Å². The van der Waals surface area contributed by atoms with Crippen LogP contribution in [-0.2, 0) is 4.79 Å². The molecule has 3 N–H and O–H groups in total. The summed E-state index contributed by atoms with van der Waals surface area (Å²) in [5.41, 5.74) is 0.283. The molecule has 1 aromatic carbocycles. The van der Waals surface area contributed by atoms with Crippen molar-refractivity contribution in [3.05, 3.63) is 28.8 Å². The Kier molecular flexibility index (Phi) is 5.90. The molecule has 1 saturated heterocycles. The number of thioether (sulfide) groups is 1. The Balaban J connectivity index is 1.92. The van der Waals surface area contributed by atoms with E-state index in [1.54, 1.807) is 11.8 Å². The van der Waals surface area contributed by atoms with Crippen LogP contribution in [0, 0.1) is 0 Å². The lowest BCUT2D eigenvalue weighted by Gasteiger charge is -2.21. The van der Waals surface area contributed by atoms with E-state index >= 15 is 0 Å². The summed E-state index contributed by atoms with van der Waals surface area (Å²) in [6.45, 7) is 1.97. The van der Waals surface area contributed by atoms with Gasteiger partial charge in [-0.05, 0) is 44.1 Å². The molecule has 2 rings (SSSR count). The number of amides is 1. The van der Waals surface area contributed by atoms with Crippen LogP contribution in [0.4, 0.5) is 5.69 Å². The van der Waals surface area contributed by atoms with E-state index in [0.29, 0.717) is 16.0 Å². The molecule has 114 valence electrons. The van der Waals surface area contributed by atoms with E-state index in [4.69, 9.17) is 16.7 Å². The molecule has 5 nitrogen and oxygen atoms in total. The summed E-state index contributed by atoms with van der Waals surface area (Å²) >= 11 is 7.46. The number of hydrogen-bond acceptors (Lipinski definition) is 4. The smallest absolute Gasteiger partial charge is 0.337 e. The molecule has 0 bridgehead atoms. The zero-order chi connectivity index (χ0) is 15.2. The van der Waals surface area contributed by atoms with Crippen LogP contribution in [0.3, 0.4) is 0 Å². The molecule has 1 fully saturated rings. The molecule has 1 amide bonds. The number of rotatable bonds is 5. The summed E-state index contributed by atoms with van der Waals surface area (Å²) in [7, 11) is 0. The second-order valence-corrected chi connectivity index (χ2v) is 6.53. The van der Waals surface area contributed by atoms with Crippen LogP contribution in [0.2, 0.25) is 5.02 Å². The van der Waals surface area contributed by atoms with Gasteiger partial charge in [0.1, 0.15) is 0 Å². The summed E-state index contributed by atoms with van der Waals surface area (Å²) in [6.07, 6.45) is 2.10. The molecule has 0 aliphatic carbocycles. The minimum atomic E-state index is -1.09. The maximum Gasteiger partial charge on any atom is 0.337 e. The fourth-order valence-corrected chi connectivity index (χ4v) is 3.35. The third-order valence-electron chi connectivity index (χ3n) is 3.22. The van der Waals surface area contributed by atoms with Gasteiger partial charge in [-0.15, -0.1) is 11.8 Å². The summed E-state index contributed by atoms with van der Waals surface area (Å²) < 4.78 is 0. The third kappa shape index (κ3) is 4.91. The fraction of sp³-hybridized carbons (Fsp3) is 0.429. The maximum absolute atomic E-state index is 12.0. The van der Waals surface area contributed by atoms with Gasteiger partial charge in [0.05, 0.1) is 17.0 Å². The zero-order valence-corrected chi connectivity index (χ0v) is 13.0. The lowest BCUT2D eigenvalue weighted by molar-refractivity contribution is -0.113. The number of nitrogens with one attached hydrogen (secondary N) is 2. The van der Waals surface area contributed by atoms with Gasteiger partial charge < -0.3 is 15.7 Å². The largest absolute Gasteiger partial charge is 0.478 e. The predicted molar refractivity (Wildman–Crippen MR) is 85.4 cm³/mol. The van der Waals surface area contributed by atoms with Crippen molar-refractivity contribution in [1.29, 1.82) is 0 Å². The van der Waals surface area contributed by atoms with Gasteiger partial charge in [0, 0.05) is 10.3 Å². The van der Waals surface area contributed by atoms with Gasteiger partial charge in [-0.3, -0.25) is 4.79 Å². The molecule has 21 heavy (non-hydrogen) atoms. The first-order valence-electron chi connectivity index (χ1n) is 6.71. The van der Waals surface area contributed by atoms with Crippen molar-refractivity contribution in [2.45, 2.75) is 18.1 Å².